The number of ketones is 1. The summed E-state index contributed by atoms with van der Waals surface area (Å²) in [5, 5.41) is 0. The summed E-state index contributed by atoms with van der Waals surface area (Å²) in [5.41, 5.74) is 0.307. The second kappa shape index (κ2) is 12.9. The molecule has 1 aliphatic carbocycles. The fourth-order valence-electron chi connectivity index (χ4n) is 3.20. The first-order valence-electron chi connectivity index (χ1n) is 10.2. The van der Waals surface area contributed by atoms with Gasteiger partial charge < -0.3 is 14.2 Å². The van der Waals surface area contributed by atoms with E-state index in [1.165, 1.54) is 20.8 Å². The van der Waals surface area contributed by atoms with Crippen molar-refractivity contribution >= 4 is 23.7 Å². The molecule has 1 unspecified atom stereocenters. The molecule has 0 aromatic heterocycles. The molecule has 0 aliphatic heterocycles. The van der Waals surface area contributed by atoms with Crippen LogP contribution in [0.4, 0.5) is 0 Å². The number of carbonyl (C=O) groups is 4. The first-order chi connectivity index (χ1) is 13.7. The van der Waals surface area contributed by atoms with E-state index in [9.17, 15) is 19.2 Å². The van der Waals surface area contributed by atoms with Gasteiger partial charge in [-0.15, -0.1) is 0 Å². The van der Waals surface area contributed by atoms with Crippen LogP contribution in [0.25, 0.3) is 0 Å². The molecule has 0 radical (unpaired) electrons. The molecule has 2 atom stereocenters. The van der Waals surface area contributed by atoms with E-state index in [0.717, 1.165) is 25.7 Å². The highest BCUT2D eigenvalue weighted by molar-refractivity contribution is 5.97. The predicted molar refractivity (Wildman–Crippen MR) is 107 cm³/mol. The van der Waals surface area contributed by atoms with Gasteiger partial charge in [-0.2, -0.15) is 0 Å². The van der Waals surface area contributed by atoms with Crippen LogP contribution in [0.3, 0.4) is 0 Å². The summed E-state index contributed by atoms with van der Waals surface area (Å²) in [6.45, 7) is 5.99. The normalized spacial score (nSPS) is 17.9. The molecule has 7 heteroatoms. The molecular formula is C22H32O7. The number of rotatable bonds is 11. The Hall–Kier alpha value is -2.44. The van der Waals surface area contributed by atoms with Crippen molar-refractivity contribution in [2.24, 2.45) is 0 Å². The lowest BCUT2D eigenvalue weighted by atomic mass is 9.91. The van der Waals surface area contributed by atoms with Crippen molar-refractivity contribution in [3.8, 4) is 0 Å². The van der Waals surface area contributed by atoms with E-state index in [4.69, 9.17) is 14.2 Å². The van der Waals surface area contributed by atoms with Crippen LogP contribution in [0.2, 0.25) is 0 Å². The molecule has 0 heterocycles. The Morgan fingerprint density at radius 1 is 1.07 bits per heavy atom. The molecular weight excluding hydrogens is 376 g/mol. The maximum Gasteiger partial charge on any atom is 0.307 e. The van der Waals surface area contributed by atoms with Gasteiger partial charge in [0.1, 0.15) is 6.10 Å². The Labute approximate surface area is 172 Å². The molecule has 0 saturated heterocycles. The van der Waals surface area contributed by atoms with Gasteiger partial charge in [0.05, 0.1) is 0 Å². The van der Waals surface area contributed by atoms with Gasteiger partial charge in [-0.05, 0) is 31.8 Å². The first kappa shape index (κ1) is 24.6. The van der Waals surface area contributed by atoms with E-state index in [1.807, 2.05) is 0 Å². The number of hydrogen-bond donors (Lipinski definition) is 0. The van der Waals surface area contributed by atoms with E-state index in [-0.39, 0.29) is 42.9 Å². The summed E-state index contributed by atoms with van der Waals surface area (Å²) in [7, 11) is 0. The van der Waals surface area contributed by atoms with Crippen LogP contribution in [0.1, 0.15) is 79.1 Å². The third kappa shape index (κ3) is 9.54. The smallest absolute Gasteiger partial charge is 0.307 e. The van der Waals surface area contributed by atoms with Crippen molar-refractivity contribution in [3.05, 3.63) is 23.5 Å². The summed E-state index contributed by atoms with van der Waals surface area (Å²) in [6.07, 6.45) is 8.00. The maximum absolute atomic E-state index is 12.4. The van der Waals surface area contributed by atoms with Crippen molar-refractivity contribution in [3.63, 3.8) is 0 Å². The molecule has 0 aromatic carbocycles. The number of allylic oxidation sites excluding steroid dienone is 2. The minimum atomic E-state index is -0.754. The van der Waals surface area contributed by atoms with Crippen molar-refractivity contribution in [1.29, 1.82) is 0 Å². The van der Waals surface area contributed by atoms with E-state index < -0.39 is 18.0 Å². The van der Waals surface area contributed by atoms with Gasteiger partial charge in [0.15, 0.2) is 17.6 Å². The quantitative estimate of drug-likeness (QED) is 0.221. The molecule has 0 spiro atoms. The van der Waals surface area contributed by atoms with Crippen LogP contribution in [-0.2, 0) is 33.4 Å². The highest BCUT2D eigenvalue weighted by Crippen LogP contribution is 2.29. The Balaban J connectivity index is 2.94. The number of hydrogen-bond acceptors (Lipinski definition) is 7. The predicted octanol–water partition coefficient (Wildman–Crippen LogP) is 3.95. The summed E-state index contributed by atoms with van der Waals surface area (Å²) >= 11 is 0. The largest absolute Gasteiger partial charge is 0.458 e. The lowest BCUT2D eigenvalue weighted by Gasteiger charge is -2.26. The zero-order valence-corrected chi connectivity index (χ0v) is 17.8. The second-order valence-corrected chi connectivity index (χ2v) is 7.13. The van der Waals surface area contributed by atoms with Crippen LogP contribution in [0.15, 0.2) is 23.5 Å². The summed E-state index contributed by atoms with van der Waals surface area (Å²) in [4.78, 5) is 46.6. The molecule has 0 saturated carbocycles. The van der Waals surface area contributed by atoms with Crippen molar-refractivity contribution < 1.29 is 33.4 Å². The molecule has 1 aliphatic rings. The van der Waals surface area contributed by atoms with Gasteiger partial charge in [-0.25, -0.2) is 0 Å². The fourth-order valence-corrected chi connectivity index (χ4v) is 3.20. The number of carbonyl (C=O) groups excluding carboxylic acids is 4. The van der Waals surface area contributed by atoms with Gasteiger partial charge in [0.25, 0.3) is 0 Å². The van der Waals surface area contributed by atoms with Crippen LogP contribution >= 0.6 is 0 Å². The Morgan fingerprint density at radius 2 is 1.79 bits per heavy atom. The summed E-state index contributed by atoms with van der Waals surface area (Å²) < 4.78 is 15.8. The van der Waals surface area contributed by atoms with Crippen molar-refractivity contribution in [2.45, 2.75) is 91.3 Å². The molecule has 29 heavy (non-hydrogen) atoms. The second-order valence-electron chi connectivity index (χ2n) is 7.13. The Bertz CT molecular complexity index is 660. The van der Waals surface area contributed by atoms with Gasteiger partial charge >= 0.3 is 17.9 Å². The van der Waals surface area contributed by atoms with Gasteiger partial charge in [-0.1, -0.05) is 32.3 Å². The standard InChI is InChI=1S/C22H32O7/c1-5-6-7-8-10-18(27-15(2)23)11-9-12-19-20(26)13-14-21(28-16(3)24)22(19)29-17(4)25/h9,11,18,21H,5-8,10,12-14H2,1-4H3/b11-9+/t18?,21-/m0/s1. The third-order valence-electron chi connectivity index (χ3n) is 4.45. The minimum Gasteiger partial charge on any atom is -0.458 e. The van der Waals surface area contributed by atoms with E-state index >= 15 is 0 Å². The van der Waals surface area contributed by atoms with Crippen molar-refractivity contribution in [2.75, 3.05) is 0 Å². The first-order valence-corrected chi connectivity index (χ1v) is 10.2. The number of ether oxygens (including phenoxy) is 3. The van der Waals surface area contributed by atoms with Gasteiger partial charge in [0.2, 0.25) is 0 Å². The summed E-state index contributed by atoms with van der Waals surface area (Å²) in [5.74, 6) is -1.51. The van der Waals surface area contributed by atoms with Crippen LogP contribution in [0.5, 0.6) is 0 Å². The molecule has 7 nitrogen and oxygen atoms in total. The monoisotopic (exact) mass is 408 g/mol. The SMILES string of the molecule is CCCCCCC(/C=C/CC1=C(OC(C)=O)[C@@H](OC(C)=O)CCC1=O)OC(C)=O. The molecule has 162 valence electrons. The zero-order chi connectivity index (χ0) is 21.8. The van der Waals surface area contributed by atoms with Crippen LogP contribution < -0.4 is 0 Å². The van der Waals surface area contributed by atoms with E-state index in [2.05, 4.69) is 6.92 Å². The molecule has 0 N–H and O–H groups in total. The van der Waals surface area contributed by atoms with Crippen molar-refractivity contribution in [1.82, 2.24) is 0 Å². The molecule has 0 fully saturated rings. The summed E-state index contributed by atoms with van der Waals surface area (Å²) in [6, 6.07) is 0. The molecule has 1 rings (SSSR count). The molecule has 0 bridgehead atoms. The van der Waals surface area contributed by atoms with Crippen LogP contribution in [-0.4, -0.2) is 35.9 Å². The third-order valence-corrected chi connectivity index (χ3v) is 4.45. The fraction of sp³-hybridized carbons (Fsp3) is 0.636. The number of esters is 3. The lowest BCUT2D eigenvalue weighted by Crippen LogP contribution is -2.30. The highest BCUT2D eigenvalue weighted by Gasteiger charge is 2.32. The Morgan fingerprint density at radius 3 is 2.38 bits per heavy atom. The van der Waals surface area contributed by atoms with Gasteiger partial charge in [0, 0.05) is 32.8 Å². The average Bonchev–Trinajstić information content (AvgIpc) is 2.62. The average molecular weight is 408 g/mol. The molecule has 0 amide bonds. The van der Waals surface area contributed by atoms with E-state index in [0.29, 0.717) is 12.0 Å². The minimum absolute atomic E-state index is 0.0978. The van der Waals surface area contributed by atoms with Crippen LogP contribution in [0, 0.1) is 0 Å². The molecule has 0 aromatic rings. The highest BCUT2D eigenvalue weighted by atomic mass is 16.6. The topological polar surface area (TPSA) is 96.0 Å². The maximum atomic E-state index is 12.4. The Kier molecular flexibility index (Phi) is 10.9. The zero-order valence-electron chi connectivity index (χ0n) is 17.8. The van der Waals surface area contributed by atoms with E-state index in [1.54, 1.807) is 12.2 Å². The van der Waals surface area contributed by atoms with Gasteiger partial charge in [-0.3, -0.25) is 19.2 Å². The number of Topliss-reactive ketones (excluding diaryl/α,β-unsaturated/α-hetero) is 1. The lowest BCUT2D eigenvalue weighted by molar-refractivity contribution is -0.152. The number of unbranched alkanes of at least 4 members (excludes halogenated alkanes) is 3.